The Morgan fingerprint density at radius 2 is 1.88 bits per heavy atom. The molecule has 2 aromatic rings. The number of methoxy groups -OCH3 is 1. The minimum Gasteiger partial charge on any atom is -1.00 e. The van der Waals surface area contributed by atoms with Crippen molar-refractivity contribution in [2.24, 2.45) is 0 Å². The van der Waals surface area contributed by atoms with E-state index in [4.69, 9.17) is 4.74 Å². The summed E-state index contributed by atoms with van der Waals surface area (Å²) in [6, 6.07) is 12.8. The maximum absolute atomic E-state index is 5.06. The molecule has 2 rings (SSSR count). The van der Waals surface area contributed by atoms with Crippen molar-refractivity contribution in [2.75, 3.05) is 13.7 Å². The van der Waals surface area contributed by atoms with Gasteiger partial charge in [-0.3, -0.25) is 0 Å². The van der Waals surface area contributed by atoms with E-state index < -0.39 is 0 Å². The van der Waals surface area contributed by atoms with Crippen LogP contribution in [-0.2, 0) is 37.4 Å². The predicted molar refractivity (Wildman–Crippen MR) is 55.1 cm³/mol. The van der Waals surface area contributed by atoms with Gasteiger partial charge in [0.05, 0.1) is 0 Å². The van der Waals surface area contributed by atoms with Gasteiger partial charge in [-0.2, -0.15) is 5.56 Å². The average molecular weight is 335 g/mol. The summed E-state index contributed by atoms with van der Waals surface area (Å²) in [5, 5.41) is 2.69. The van der Waals surface area contributed by atoms with Gasteiger partial charge in [0.25, 0.3) is 0 Å². The first kappa shape index (κ1) is 18.6. The summed E-state index contributed by atoms with van der Waals surface area (Å²) in [4.78, 5) is 0. The molecule has 1 radical (unpaired) electrons. The average Bonchev–Trinajstić information content (AvgIpc) is 2.58. The van der Waals surface area contributed by atoms with E-state index in [1.807, 2.05) is 0 Å². The fourth-order valence-corrected chi connectivity index (χ4v) is 1.64. The molecule has 1 nitrogen and oxygen atoms in total. The van der Waals surface area contributed by atoms with E-state index in [1.54, 1.807) is 7.11 Å². The molecule has 0 saturated carbocycles. The normalized spacial score (nSPS) is 8.81. The number of fused-ring (bicyclic) bond motifs is 1. The smallest absolute Gasteiger partial charge is 1.00 e. The SMILES string of the molecule is COCCc1c[cH-]c2ccccc12.[Cl-].[Cl-].[Zr+3]. The van der Waals surface area contributed by atoms with Gasteiger partial charge in [0, 0.05) is 13.7 Å². The monoisotopic (exact) mass is 333 g/mol. The van der Waals surface area contributed by atoms with Crippen LogP contribution in [0.3, 0.4) is 0 Å². The maximum Gasteiger partial charge on any atom is 3.00 e. The van der Waals surface area contributed by atoms with Crippen LogP contribution in [0.5, 0.6) is 0 Å². The Morgan fingerprint density at radius 1 is 1.19 bits per heavy atom. The summed E-state index contributed by atoms with van der Waals surface area (Å²) in [6.07, 6.45) is 1.00. The van der Waals surface area contributed by atoms with Crippen molar-refractivity contribution in [1.29, 1.82) is 0 Å². The molecule has 0 heterocycles. The zero-order valence-corrected chi connectivity index (χ0v) is 13.0. The molecule has 0 saturated heterocycles. The van der Waals surface area contributed by atoms with Crippen molar-refractivity contribution < 1.29 is 55.8 Å². The van der Waals surface area contributed by atoms with Crippen LogP contribution in [0.2, 0.25) is 0 Å². The summed E-state index contributed by atoms with van der Waals surface area (Å²) >= 11 is 0. The van der Waals surface area contributed by atoms with E-state index >= 15 is 0 Å². The Balaban J connectivity index is 0. The first-order valence-corrected chi connectivity index (χ1v) is 4.54. The van der Waals surface area contributed by atoms with Gasteiger partial charge in [0.2, 0.25) is 0 Å². The van der Waals surface area contributed by atoms with Crippen LogP contribution in [0.25, 0.3) is 10.8 Å². The molecule has 0 unspecified atom stereocenters. The number of ether oxygens (including phenoxy) is 1. The maximum atomic E-state index is 5.06. The molecule has 16 heavy (non-hydrogen) atoms. The summed E-state index contributed by atoms with van der Waals surface area (Å²) in [5.74, 6) is 0. The van der Waals surface area contributed by atoms with Crippen molar-refractivity contribution in [3.8, 4) is 0 Å². The molecule has 0 aliphatic rings. The second kappa shape index (κ2) is 9.30. The number of rotatable bonds is 3. The third kappa shape index (κ3) is 4.26. The molecule has 85 valence electrons. The van der Waals surface area contributed by atoms with Crippen LogP contribution in [0.15, 0.2) is 36.4 Å². The summed E-state index contributed by atoms with van der Waals surface area (Å²) in [5.41, 5.74) is 1.39. The van der Waals surface area contributed by atoms with Gasteiger partial charge in [-0.1, -0.05) is 6.07 Å². The number of benzene rings is 1. The Hall–Kier alpha value is 0.253. The van der Waals surface area contributed by atoms with Gasteiger partial charge in [0.1, 0.15) is 0 Å². The molecule has 0 aliphatic heterocycles. The third-order valence-corrected chi connectivity index (χ3v) is 2.35. The van der Waals surface area contributed by atoms with E-state index in [2.05, 4.69) is 36.4 Å². The van der Waals surface area contributed by atoms with Crippen LogP contribution in [0.4, 0.5) is 0 Å². The molecular weight excluding hydrogens is 322 g/mol. The molecular formula is C12H13Cl2OZr. The Bertz CT molecular complexity index is 401. The van der Waals surface area contributed by atoms with Crippen molar-refractivity contribution in [2.45, 2.75) is 6.42 Å². The fraction of sp³-hybridized carbons (Fsp3) is 0.250. The van der Waals surface area contributed by atoms with Crippen molar-refractivity contribution in [1.82, 2.24) is 0 Å². The third-order valence-electron chi connectivity index (χ3n) is 2.35. The quantitative estimate of drug-likeness (QED) is 0.536. The summed E-state index contributed by atoms with van der Waals surface area (Å²) in [6.45, 7) is 0.800. The van der Waals surface area contributed by atoms with Crippen LogP contribution >= 0.6 is 0 Å². The number of halogens is 2. The zero-order chi connectivity index (χ0) is 9.10. The van der Waals surface area contributed by atoms with E-state index in [0.29, 0.717) is 0 Å². The largest absolute Gasteiger partial charge is 3.00 e. The summed E-state index contributed by atoms with van der Waals surface area (Å²) < 4.78 is 5.06. The van der Waals surface area contributed by atoms with E-state index in [9.17, 15) is 0 Å². The molecule has 0 aliphatic carbocycles. The standard InChI is InChI=1S/C12H13O.2ClH.Zr/c1-13-9-8-11-7-6-10-4-2-3-5-12(10)11;;;/h2-7H,8-9H2,1H3;2*1H;/q-1;;;+3/p-2. The fourth-order valence-electron chi connectivity index (χ4n) is 1.64. The zero-order valence-electron chi connectivity index (χ0n) is 9.04. The van der Waals surface area contributed by atoms with Gasteiger partial charge < -0.3 is 29.6 Å². The van der Waals surface area contributed by atoms with Crippen LogP contribution in [0, 0.1) is 0 Å². The van der Waals surface area contributed by atoms with E-state index in [1.165, 1.54) is 16.3 Å². The Kier molecular flexibility index (Phi) is 10.8. The van der Waals surface area contributed by atoms with Gasteiger partial charge in [0.15, 0.2) is 0 Å². The number of hydrogen-bond acceptors (Lipinski definition) is 1. The van der Waals surface area contributed by atoms with Crippen molar-refractivity contribution in [3.63, 3.8) is 0 Å². The van der Waals surface area contributed by atoms with E-state index in [0.717, 1.165) is 13.0 Å². The molecule has 0 aromatic heterocycles. The molecule has 0 amide bonds. The molecule has 0 N–H and O–H groups in total. The van der Waals surface area contributed by atoms with Gasteiger partial charge in [-0.15, -0.1) is 41.1 Å². The first-order valence-electron chi connectivity index (χ1n) is 4.54. The second-order valence-corrected chi connectivity index (χ2v) is 3.19. The molecule has 2 aromatic carbocycles. The van der Waals surface area contributed by atoms with Crippen molar-refractivity contribution in [3.05, 3.63) is 42.0 Å². The summed E-state index contributed by atoms with van der Waals surface area (Å²) in [7, 11) is 1.74. The van der Waals surface area contributed by atoms with Gasteiger partial charge >= 0.3 is 26.2 Å². The van der Waals surface area contributed by atoms with Gasteiger partial charge in [-0.25, -0.2) is 0 Å². The minimum absolute atomic E-state index is 0. The predicted octanol–water partition coefficient (Wildman–Crippen LogP) is -3.25. The molecule has 0 spiro atoms. The second-order valence-electron chi connectivity index (χ2n) is 3.19. The Labute approximate surface area is 128 Å². The van der Waals surface area contributed by atoms with Gasteiger partial charge in [-0.05, 0) is 6.42 Å². The molecule has 4 heteroatoms. The molecule has 0 bridgehead atoms. The van der Waals surface area contributed by atoms with Crippen LogP contribution < -0.4 is 24.8 Å². The van der Waals surface area contributed by atoms with Crippen molar-refractivity contribution >= 4 is 10.8 Å². The minimum atomic E-state index is 0. The van der Waals surface area contributed by atoms with Crippen LogP contribution in [0.1, 0.15) is 5.56 Å². The van der Waals surface area contributed by atoms with Crippen LogP contribution in [-0.4, -0.2) is 13.7 Å². The molecule has 0 fully saturated rings. The molecule has 0 atom stereocenters. The first-order chi connectivity index (χ1) is 6.42. The number of hydrogen-bond donors (Lipinski definition) is 0. The van der Waals surface area contributed by atoms with E-state index in [-0.39, 0.29) is 51.0 Å². The topological polar surface area (TPSA) is 9.23 Å². The Morgan fingerprint density at radius 3 is 2.56 bits per heavy atom.